The van der Waals surface area contributed by atoms with E-state index >= 15 is 0 Å². The molecule has 0 atom stereocenters. The molecule has 1 aliphatic rings. The van der Waals surface area contributed by atoms with Crippen LogP contribution in [-0.4, -0.2) is 19.7 Å². The van der Waals surface area contributed by atoms with E-state index in [4.69, 9.17) is 4.42 Å². The van der Waals surface area contributed by atoms with Gasteiger partial charge in [0.2, 0.25) is 0 Å². The smallest absolute Gasteiger partial charge is 0.191 e. The number of thioether (sulfide) groups is 1. The van der Waals surface area contributed by atoms with Gasteiger partial charge in [-0.1, -0.05) is 25.6 Å². The number of aromatic nitrogens is 4. The average molecular weight is 361 g/mol. The van der Waals surface area contributed by atoms with Crippen molar-refractivity contribution < 1.29 is 4.42 Å². The maximum Gasteiger partial charge on any atom is 0.191 e. The maximum absolute atomic E-state index is 5.65. The average Bonchev–Trinajstić information content (AvgIpc) is 2.98. The van der Waals surface area contributed by atoms with Gasteiger partial charge in [0.1, 0.15) is 11.6 Å². The lowest BCUT2D eigenvalue weighted by Crippen LogP contribution is -2.04. The first-order valence-electron chi connectivity index (χ1n) is 8.20. The summed E-state index contributed by atoms with van der Waals surface area (Å²) in [6.07, 6.45) is 2.48. The molecule has 1 aliphatic carbocycles. The van der Waals surface area contributed by atoms with Crippen LogP contribution in [0.1, 0.15) is 55.9 Å². The summed E-state index contributed by atoms with van der Waals surface area (Å²) in [5.41, 5.74) is 1.06. The molecule has 24 heavy (non-hydrogen) atoms. The summed E-state index contributed by atoms with van der Waals surface area (Å²) in [5.74, 6) is 4.07. The summed E-state index contributed by atoms with van der Waals surface area (Å²) >= 11 is 3.35. The molecule has 0 aliphatic heterocycles. The monoisotopic (exact) mass is 360 g/mol. The Kier molecular flexibility index (Phi) is 4.22. The fraction of sp³-hybridized carbons (Fsp3) is 0.471. The molecule has 3 aromatic heterocycles. The fourth-order valence-electron chi connectivity index (χ4n) is 2.63. The van der Waals surface area contributed by atoms with Crippen LogP contribution in [0.4, 0.5) is 0 Å². The Hall–Kier alpha value is -1.60. The molecule has 0 N–H and O–H groups in total. The van der Waals surface area contributed by atoms with Gasteiger partial charge in [0.15, 0.2) is 15.9 Å². The minimum Gasteiger partial charge on any atom is -0.459 e. The Balaban J connectivity index is 1.49. The predicted molar refractivity (Wildman–Crippen MR) is 96.5 cm³/mol. The molecular weight excluding hydrogens is 340 g/mol. The molecule has 1 saturated carbocycles. The van der Waals surface area contributed by atoms with Crippen LogP contribution in [0, 0.1) is 6.92 Å². The predicted octanol–water partition coefficient (Wildman–Crippen LogP) is 5.05. The molecule has 3 heterocycles. The van der Waals surface area contributed by atoms with Gasteiger partial charge in [-0.15, -0.1) is 21.5 Å². The van der Waals surface area contributed by atoms with Crippen molar-refractivity contribution in [1.82, 2.24) is 19.7 Å². The zero-order valence-corrected chi connectivity index (χ0v) is 15.7. The maximum atomic E-state index is 5.65. The highest BCUT2D eigenvalue weighted by Crippen LogP contribution is 2.40. The van der Waals surface area contributed by atoms with Gasteiger partial charge in [-0.2, -0.15) is 0 Å². The van der Waals surface area contributed by atoms with Gasteiger partial charge >= 0.3 is 0 Å². The van der Waals surface area contributed by atoms with Crippen LogP contribution in [0.15, 0.2) is 27.1 Å². The van der Waals surface area contributed by atoms with Crippen molar-refractivity contribution in [2.45, 2.75) is 56.5 Å². The third-order valence-electron chi connectivity index (χ3n) is 3.97. The number of hydrogen-bond donors (Lipinski definition) is 0. The van der Waals surface area contributed by atoms with Crippen molar-refractivity contribution in [3.8, 4) is 10.8 Å². The van der Waals surface area contributed by atoms with E-state index in [1.807, 2.05) is 19.1 Å². The summed E-state index contributed by atoms with van der Waals surface area (Å²) in [6, 6.07) is 4.54. The topological polar surface area (TPSA) is 56.7 Å². The molecule has 4 rings (SSSR count). The van der Waals surface area contributed by atoms with Crippen LogP contribution in [-0.2, 0) is 5.75 Å². The zero-order valence-electron chi connectivity index (χ0n) is 14.0. The molecule has 0 bridgehead atoms. The molecule has 7 heteroatoms. The van der Waals surface area contributed by atoms with Crippen molar-refractivity contribution in [2.75, 3.05) is 0 Å². The lowest BCUT2D eigenvalue weighted by Gasteiger charge is -2.10. The highest BCUT2D eigenvalue weighted by atomic mass is 32.2. The van der Waals surface area contributed by atoms with Gasteiger partial charge in [0.25, 0.3) is 0 Å². The Bertz CT molecular complexity index is 845. The Morgan fingerprint density at radius 2 is 2.17 bits per heavy atom. The number of thiazole rings is 1. The van der Waals surface area contributed by atoms with E-state index in [0.717, 1.165) is 39.0 Å². The molecule has 0 unspecified atom stereocenters. The minimum absolute atomic E-state index is 0.403. The molecule has 0 spiro atoms. The quantitative estimate of drug-likeness (QED) is 0.576. The van der Waals surface area contributed by atoms with Gasteiger partial charge in [-0.3, -0.25) is 0 Å². The Labute approximate surface area is 149 Å². The third-order valence-corrected chi connectivity index (χ3v) is 5.85. The summed E-state index contributed by atoms with van der Waals surface area (Å²) in [5, 5.41) is 12.9. The highest BCUT2D eigenvalue weighted by Gasteiger charge is 2.30. The SMILES string of the molecule is Cc1ccc(-c2nc(CSc3nnc(C(C)C)n3C3CC3)cs2)o1. The highest BCUT2D eigenvalue weighted by molar-refractivity contribution is 7.98. The molecular formula is C17H20N4OS2. The minimum atomic E-state index is 0.403. The van der Waals surface area contributed by atoms with E-state index in [-0.39, 0.29) is 0 Å². The lowest BCUT2D eigenvalue weighted by molar-refractivity contribution is 0.548. The van der Waals surface area contributed by atoms with Crippen LogP contribution < -0.4 is 0 Å². The standard InChI is InChI=1S/C17H20N4OS2/c1-10(2)15-19-20-17(21(15)13-5-6-13)24-9-12-8-23-16(18-12)14-7-4-11(3)22-14/h4,7-8,10,13H,5-6,9H2,1-3H3. The second-order valence-electron chi connectivity index (χ2n) is 6.44. The van der Waals surface area contributed by atoms with Crippen LogP contribution in [0.3, 0.4) is 0 Å². The molecule has 5 nitrogen and oxygen atoms in total. The third kappa shape index (κ3) is 3.15. The number of aryl methyl sites for hydroxylation is 1. The van der Waals surface area contributed by atoms with Crippen molar-refractivity contribution in [1.29, 1.82) is 0 Å². The molecule has 0 radical (unpaired) electrons. The molecule has 0 saturated heterocycles. The van der Waals surface area contributed by atoms with Gasteiger partial charge < -0.3 is 8.98 Å². The first-order valence-corrected chi connectivity index (χ1v) is 10.1. The fourth-order valence-corrected chi connectivity index (χ4v) is 4.42. The number of nitrogens with zero attached hydrogens (tertiary/aromatic N) is 4. The zero-order chi connectivity index (χ0) is 16.7. The van der Waals surface area contributed by atoms with Gasteiger partial charge in [-0.05, 0) is 31.9 Å². The largest absolute Gasteiger partial charge is 0.459 e. The number of rotatable bonds is 6. The van der Waals surface area contributed by atoms with E-state index in [9.17, 15) is 0 Å². The van der Waals surface area contributed by atoms with Gasteiger partial charge in [0.05, 0.1) is 5.69 Å². The Morgan fingerprint density at radius 3 is 2.83 bits per heavy atom. The Morgan fingerprint density at radius 1 is 1.33 bits per heavy atom. The summed E-state index contributed by atoms with van der Waals surface area (Å²) < 4.78 is 7.98. The van der Waals surface area contributed by atoms with Crippen LogP contribution in [0.2, 0.25) is 0 Å². The van der Waals surface area contributed by atoms with E-state index in [1.54, 1.807) is 23.1 Å². The van der Waals surface area contributed by atoms with Crippen LogP contribution in [0.5, 0.6) is 0 Å². The van der Waals surface area contributed by atoms with Crippen LogP contribution in [0.25, 0.3) is 10.8 Å². The van der Waals surface area contributed by atoms with Crippen molar-refractivity contribution >= 4 is 23.1 Å². The van der Waals surface area contributed by atoms with Crippen LogP contribution >= 0.6 is 23.1 Å². The van der Waals surface area contributed by atoms with E-state index in [2.05, 4.69) is 39.0 Å². The molecule has 126 valence electrons. The van der Waals surface area contributed by atoms with Crippen molar-refractivity contribution in [3.05, 3.63) is 34.8 Å². The van der Waals surface area contributed by atoms with E-state index in [0.29, 0.717) is 12.0 Å². The number of hydrogen-bond acceptors (Lipinski definition) is 6. The summed E-state index contributed by atoms with van der Waals surface area (Å²) in [4.78, 5) is 4.69. The van der Waals surface area contributed by atoms with Crippen molar-refractivity contribution in [3.63, 3.8) is 0 Å². The second kappa shape index (κ2) is 6.37. The molecule has 3 aromatic rings. The summed E-state index contributed by atoms with van der Waals surface area (Å²) in [7, 11) is 0. The molecule has 0 aromatic carbocycles. The first kappa shape index (κ1) is 15.9. The van der Waals surface area contributed by atoms with E-state index in [1.165, 1.54) is 12.8 Å². The molecule has 1 fully saturated rings. The number of furan rings is 1. The van der Waals surface area contributed by atoms with E-state index < -0.39 is 0 Å². The molecule has 0 amide bonds. The van der Waals surface area contributed by atoms with Crippen molar-refractivity contribution in [2.24, 2.45) is 0 Å². The van der Waals surface area contributed by atoms with Gasteiger partial charge in [-0.25, -0.2) is 4.98 Å². The lowest BCUT2D eigenvalue weighted by atomic mass is 10.2. The van der Waals surface area contributed by atoms with Gasteiger partial charge in [0, 0.05) is 23.1 Å². The first-order chi connectivity index (χ1) is 11.6. The summed E-state index contributed by atoms with van der Waals surface area (Å²) in [6.45, 7) is 6.30. The normalized spacial score (nSPS) is 14.7. The second-order valence-corrected chi connectivity index (χ2v) is 8.24.